The molecule has 1 fully saturated rings. The third-order valence-electron chi connectivity index (χ3n) is 3.89. The average molecular weight is 299 g/mol. The zero-order valence-corrected chi connectivity index (χ0v) is 14.1. The van der Waals surface area contributed by atoms with Crippen LogP contribution in [0.15, 0.2) is 11.4 Å². The molecule has 0 aliphatic carbocycles. The van der Waals surface area contributed by atoms with Gasteiger partial charge in [-0.25, -0.2) is 0 Å². The SMILES string of the molecule is CCC(N)C(c1sccc1C)N1CC(C)SC(C)C1. The number of hydrogen-bond acceptors (Lipinski definition) is 4. The first-order chi connectivity index (χ1) is 9.02. The molecule has 4 heteroatoms. The van der Waals surface area contributed by atoms with Crippen LogP contribution in [0.4, 0.5) is 0 Å². The first-order valence-electron chi connectivity index (χ1n) is 7.22. The van der Waals surface area contributed by atoms with Gasteiger partial charge >= 0.3 is 0 Å². The Labute approximate surface area is 125 Å². The molecule has 1 aromatic heterocycles. The zero-order chi connectivity index (χ0) is 14.0. The van der Waals surface area contributed by atoms with Crippen LogP contribution in [0.25, 0.3) is 0 Å². The Hall–Kier alpha value is -0.0300. The molecule has 19 heavy (non-hydrogen) atoms. The van der Waals surface area contributed by atoms with Crippen molar-refractivity contribution in [3.8, 4) is 0 Å². The van der Waals surface area contributed by atoms with Crippen LogP contribution in [0.5, 0.6) is 0 Å². The maximum atomic E-state index is 6.46. The molecule has 0 amide bonds. The molecule has 2 rings (SSSR count). The number of rotatable bonds is 4. The highest BCUT2D eigenvalue weighted by molar-refractivity contribution is 8.00. The lowest BCUT2D eigenvalue weighted by molar-refractivity contribution is 0.169. The molecule has 2 N–H and O–H groups in total. The van der Waals surface area contributed by atoms with Gasteiger partial charge in [-0.05, 0) is 30.4 Å². The van der Waals surface area contributed by atoms with E-state index in [0.29, 0.717) is 16.5 Å². The van der Waals surface area contributed by atoms with E-state index >= 15 is 0 Å². The van der Waals surface area contributed by atoms with Gasteiger partial charge in [-0.15, -0.1) is 11.3 Å². The summed E-state index contributed by atoms with van der Waals surface area (Å²) >= 11 is 3.97. The summed E-state index contributed by atoms with van der Waals surface area (Å²) in [6.07, 6.45) is 1.04. The minimum absolute atomic E-state index is 0.236. The third-order valence-corrected chi connectivity index (χ3v) is 6.21. The Morgan fingerprint density at radius 3 is 2.47 bits per heavy atom. The summed E-state index contributed by atoms with van der Waals surface area (Å²) in [5, 5.41) is 3.61. The summed E-state index contributed by atoms with van der Waals surface area (Å²) in [7, 11) is 0. The fraction of sp³-hybridized carbons (Fsp3) is 0.733. The molecule has 0 aromatic carbocycles. The molecule has 1 aliphatic heterocycles. The van der Waals surface area contributed by atoms with Crippen LogP contribution < -0.4 is 5.73 Å². The fourth-order valence-electron chi connectivity index (χ4n) is 2.99. The van der Waals surface area contributed by atoms with E-state index < -0.39 is 0 Å². The summed E-state index contributed by atoms with van der Waals surface area (Å²) in [6.45, 7) is 11.4. The van der Waals surface area contributed by atoms with Crippen molar-refractivity contribution in [3.05, 3.63) is 21.9 Å². The summed E-state index contributed by atoms with van der Waals surface area (Å²) in [6, 6.07) is 2.86. The molecular formula is C15H26N2S2. The van der Waals surface area contributed by atoms with Gasteiger partial charge in [0.2, 0.25) is 0 Å². The van der Waals surface area contributed by atoms with Gasteiger partial charge in [0.1, 0.15) is 0 Å². The van der Waals surface area contributed by atoms with Crippen molar-refractivity contribution in [2.45, 2.75) is 56.7 Å². The lowest BCUT2D eigenvalue weighted by Crippen LogP contribution is -2.48. The van der Waals surface area contributed by atoms with Crippen molar-refractivity contribution >= 4 is 23.1 Å². The van der Waals surface area contributed by atoms with Crippen LogP contribution in [0.2, 0.25) is 0 Å². The number of aryl methyl sites for hydroxylation is 1. The minimum Gasteiger partial charge on any atom is -0.326 e. The maximum absolute atomic E-state index is 6.46. The number of nitrogens with zero attached hydrogens (tertiary/aromatic N) is 1. The van der Waals surface area contributed by atoms with Gasteiger partial charge in [-0.3, -0.25) is 4.90 Å². The van der Waals surface area contributed by atoms with Crippen molar-refractivity contribution < 1.29 is 0 Å². The van der Waals surface area contributed by atoms with E-state index in [0.717, 1.165) is 19.5 Å². The van der Waals surface area contributed by atoms with E-state index in [2.05, 4.69) is 55.8 Å². The molecule has 0 radical (unpaired) electrons. The summed E-state index contributed by atoms with van der Waals surface area (Å²) in [4.78, 5) is 4.10. The van der Waals surface area contributed by atoms with E-state index in [1.54, 1.807) is 0 Å². The van der Waals surface area contributed by atoms with E-state index in [9.17, 15) is 0 Å². The maximum Gasteiger partial charge on any atom is 0.0596 e. The van der Waals surface area contributed by atoms with Crippen LogP contribution in [-0.2, 0) is 0 Å². The Morgan fingerprint density at radius 1 is 1.37 bits per heavy atom. The van der Waals surface area contributed by atoms with Crippen LogP contribution >= 0.6 is 23.1 Å². The van der Waals surface area contributed by atoms with Crippen LogP contribution in [0.1, 0.15) is 43.7 Å². The summed E-state index contributed by atoms with van der Waals surface area (Å²) < 4.78 is 0. The van der Waals surface area contributed by atoms with E-state index in [4.69, 9.17) is 5.73 Å². The minimum atomic E-state index is 0.236. The van der Waals surface area contributed by atoms with Gasteiger partial charge in [0.05, 0.1) is 6.04 Å². The first-order valence-corrected chi connectivity index (χ1v) is 9.04. The smallest absolute Gasteiger partial charge is 0.0596 e. The molecule has 1 aromatic rings. The van der Waals surface area contributed by atoms with E-state index in [-0.39, 0.29) is 6.04 Å². The molecule has 0 bridgehead atoms. The molecule has 2 nitrogen and oxygen atoms in total. The van der Waals surface area contributed by atoms with Crippen LogP contribution in [0, 0.1) is 6.92 Å². The number of nitrogens with two attached hydrogens (primary N) is 1. The Kier molecular flexibility index (Phi) is 5.35. The zero-order valence-electron chi connectivity index (χ0n) is 12.4. The monoisotopic (exact) mass is 298 g/mol. The average Bonchev–Trinajstić information content (AvgIpc) is 2.74. The number of hydrogen-bond donors (Lipinski definition) is 1. The van der Waals surface area contributed by atoms with Gasteiger partial charge in [0, 0.05) is 34.5 Å². The van der Waals surface area contributed by atoms with E-state index in [1.165, 1.54) is 10.4 Å². The van der Waals surface area contributed by atoms with Gasteiger partial charge in [-0.1, -0.05) is 20.8 Å². The molecule has 0 spiro atoms. The number of thioether (sulfide) groups is 1. The summed E-state index contributed by atoms with van der Waals surface area (Å²) in [5.41, 5.74) is 7.86. The second-order valence-corrected chi connectivity index (χ2v) is 8.53. The lowest BCUT2D eigenvalue weighted by atomic mass is 10.00. The van der Waals surface area contributed by atoms with Gasteiger partial charge in [0.25, 0.3) is 0 Å². The highest BCUT2D eigenvalue weighted by atomic mass is 32.2. The van der Waals surface area contributed by atoms with Gasteiger partial charge in [0.15, 0.2) is 0 Å². The largest absolute Gasteiger partial charge is 0.326 e. The topological polar surface area (TPSA) is 29.3 Å². The Balaban J connectivity index is 2.25. The molecule has 1 saturated heterocycles. The molecule has 0 saturated carbocycles. The molecule has 108 valence electrons. The van der Waals surface area contributed by atoms with E-state index in [1.807, 2.05) is 11.3 Å². The van der Waals surface area contributed by atoms with Crippen molar-refractivity contribution in [2.24, 2.45) is 5.73 Å². The normalized spacial score (nSPS) is 28.3. The third kappa shape index (κ3) is 3.54. The van der Waals surface area contributed by atoms with Crippen molar-refractivity contribution in [3.63, 3.8) is 0 Å². The second kappa shape index (κ2) is 6.61. The molecule has 4 unspecified atom stereocenters. The number of thiophene rings is 1. The van der Waals surface area contributed by atoms with Gasteiger partial charge in [-0.2, -0.15) is 11.8 Å². The van der Waals surface area contributed by atoms with Crippen molar-refractivity contribution in [1.29, 1.82) is 0 Å². The standard InChI is InChI=1S/C15H26N2S2/c1-5-13(16)14(15-10(2)6-7-18-15)17-8-11(3)19-12(4)9-17/h6-7,11-14H,5,8-9,16H2,1-4H3. The lowest BCUT2D eigenvalue weighted by Gasteiger charge is -2.42. The Morgan fingerprint density at radius 2 is 2.00 bits per heavy atom. The van der Waals surface area contributed by atoms with Gasteiger partial charge < -0.3 is 5.73 Å². The van der Waals surface area contributed by atoms with Crippen LogP contribution in [0.3, 0.4) is 0 Å². The molecular weight excluding hydrogens is 272 g/mol. The predicted molar refractivity (Wildman–Crippen MR) is 88.2 cm³/mol. The molecule has 4 atom stereocenters. The highest BCUT2D eigenvalue weighted by Gasteiger charge is 2.33. The highest BCUT2D eigenvalue weighted by Crippen LogP contribution is 2.36. The van der Waals surface area contributed by atoms with Crippen LogP contribution in [-0.4, -0.2) is 34.5 Å². The predicted octanol–water partition coefficient (Wildman–Crippen LogP) is 3.66. The molecule has 2 heterocycles. The summed E-state index contributed by atoms with van der Waals surface area (Å²) in [5.74, 6) is 0. The van der Waals surface area contributed by atoms with Crippen molar-refractivity contribution in [2.75, 3.05) is 13.1 Å². The second-order valence-electron chi connectivity index (χ2n) is 5.70. The Bertz CT molecular complexity index is 395. The fourth-order valence-corrected chi connectivity index (χ4v) is 5.47. The first kappa shape index (κ1) is 15.4. The van der Waals surface area contributed by atoms with Crippen molar-refractivity contribution in [1.82, 2.24) is 4.90 Å². The molecule has 1 aliphatic rings. The quantitative estimate of drug-likeness (QED) is 0.920.